The van der Waals surface area contributed by atoms with Gasteiger partial charge in [0.25, 0.3) is 0 Å². The summed E-state index contributed by atoms with van der Waals surface area (Å²) in [6.45, 7) is -0.532. The number of benzene rings is 3. The van der Waals surface area contributed by atoms with Crippen molar-refractivity contribution in [2.75, 3.05) is 17.2 Å². The predicted molar refractivity (Wildman–Crippen MR) is 135 cm³/mol. The van der Waals surface area contributed by atoms with Crippen LogP contribution in [-0.2, 0) is 9.59 Å². The highest BCUT2D eigenvalue weighted by molar-refractivity contribution is 8.00. The van der Waals surface area contributed by atoms with E-state index in [9.17, 15) is 19.1 Å². The normalized spacial score (nSPS) is 15.5. The molecule has 0 bridgehead atoms. The van der Waals surface area contributed by atoms with E-state index in [1.165, 1.54) is 33.5 Å². The van der Waals surface area contributed by atoms with Gasteiger partial charge in [-0.3, -0.25) is 14.5 Å². The molecule has 4 aromatic rings. The minimum Gasteiger partial charge on any atom is -0.480 e. The van der Waals surface area contributed by atoms with Gasteiger partial charge in [-0.15, -0.1) is 11.8 Å². The third-order valence-electron chi connectivity index (χ3n) is 5.65. The molecule has 176 valence electrons. The number of aromatic nitrogens is 2. The van der Waals surface area contributed by atoms with Crippen LogP contribution < -0.4 is 4.90 Å². The van der Waals surface area contributed by atoms with Gasteiger partial charge in [0.1, 0.15) is 18.2 Å². The van der Waals surface area contributed by atoms with Crippen LogP contribution >= 0.6 is 23.4 Å². The lowest BCUT2D eigenvalue weighted by molar-refractivity contribution is -0.136. The number of carbonyl (C=O) groups excluding carboxylic acids is 1. The van der Waals surface area contributed by atoms with Crippen molar-refractivity contribution < 1.29 is 19.1 Å². The Morgan fingerprint density at radius 3 is 2.51 bits per heavy atom. The molecule has 0 saturated carbocycles. The van der Waals surface area contributed by atoms with E-state index < -0.39 is 18.3 Å². The smallest absolute Gasteiger partial charge is 0.323 e. The van der Waals surface area contributed by atoms with Crippen molar-refractivity contribution in [2.45, 2.75) is 5.25 Å². The van der Waals surface area contributed by atoms with Crippen molar-refractivity contribution in [3.63, 3.8) is 0 Å². The minimum atomic E-state index is -1.15. The molecule has 1 unspecified atom stereocenters. The van der Waals surface area contributed by atoms with Gasteiger partial charge in [0.2, 0.25) is 5.91 Å². The van der Waals surface area contributed by atoms with Crippen molar-refractivity contribution >= 4 is 41.1 Å². The van der Waals surface area contributed by atoms with Gasteiger partial charge >= 0.3 is 5.97 Å². The van der Waals surface area contributed by atoms with Gasteiger partial charge < -0.3 is 5.11 Å². The van der Waals surface area contributed by atoms with Crippen molar-refractivity contribution in [1.29, 1.82) is 0 Å². The fourth-order valence-electron chi connectivity index (χ4n) is 4.16. The van der Waals surface area contributed by atoms with E-state index in [0.717, 1.165) is 11.1 Å². The first-order chi connectivity index (χ1) is 16.9. The first kappa shape index (κ1) is 23.1. The molecule has 2 heterocycles. The van der Waals surface area contributed by atoms with Gasteiger partial charge in [0.15, 0.2) is 0 Å². The number of carboxylic acid groups (broad SMARTS) is 1. The van der Waals surface area contributed by atoms with Crippen LogP contribution in [0.1, 0.15) is 16.4 Å². The fraction of sp³-hybridized carbons (Fsp3) is 0.115. The minimum absolute atomic E-state index is 0.0663. The molecule has 1 aliphatic heterocycles. The maximum absolute atomic E-state index is 13.7. The van der Waals surface area contributed by atoms with E-state index in [-0.39, 0.29) is 16.9 Å². The second-order valence-corrected chi connectivity index (χ2v) is 9.49. The summed E-state index contributed by atoms with van der Waals surface area (Å²) >= 11 is 7.70. The highest BCUT2D eigenvalue weighted by Gasteiger charge is 2.37. The Balaban J connectivity index is 1.85. The largest absolute Gasteiger partial charge is 0.480 e. The average molecular weight is 508 g/mol. The van der Waals surface area contributed by atoms with Crippen LogP contribution in [0.5, 0.6) is 0 Å². The number of aliphatic carboxylic acids is 1. The first-order valence-electron chi connectivity index (χ1n) is 10.8. The lowest BCUT2D eigenvalue weighted by atomic mass is 9.99. The summed E-state index contributed by atoms with van der Waals surface area (Å²) in [5.74, 6) is -1.51. The number of rotatable bonds is 5. The second kappa shape index (κ2) is 9.56. The van der Waals surface area contributed by atoms with Crippen LogP contribution in [-0.4, -0.2) is 39.1 Å². The molecule has 0 fully saturated rings. The van der Waals surface area contributed by atoms with Crippen molar-refractivity contribution in [2.24, 2.45) is 0 Å². The standard InChI is InChI=1S/C26H19ClFN3O3S/c27-18-8-4-7-17(13-18)25-23-24(16-5-2-1-3-6-16)29-31(20-11-9-19(28)10-12-20)26(23)30(14-22(33)34)21(32)15-35-25/h1-13,25H,14-15H2,(H,33,34). The summed E-state index contributed by atoms with van der Waals surface area (Å²) in [7, 11) is 0. The lowest BCUT2D eigenvalue weighted by Gasteiger charge is -2.22. The highest BCUT2D eigenvalue weighted by Crippen LogP contribution is 2.48. The van der Waals surface area contributed by atoms with Crippen molar-refractivity contribution in [1.82, 2.24) is 9.78 Å². The van der Waals surface area contributed by atoms with Gasteiger partial charge in [-0.05, 0) is 42.0 Å². The molecule has 6 nitrogen and oxygen atoms in total. The summed E-state index contributed by atoms with van der Waals surface area (Å²) in [5, 5.41) is 14.7. The number of carboxylic acids is 1. The molecule has 0 saturated heterocycles. The summed E-state index contributed by atoms with van der Waals surface area (Å²) in [6, 6.07) is 22.6. The number of amides is 1. The van der Waals surface area contributed by atoms with Crippen LogP contribution in [0.15, 0.2) is 78.9 Å². The van der Waals surface area contributed by atoms with Crippen LogP contribution in [0.4, 0.5) is 10.2 Å². The molecule has 1 N–H and O–H groups in total. The summed E-state index contributed by atoms with van der Waals surface area (Å²) in [5.41, 5.74) is 3.48. The predicted octanol–water partition coefficient (Wildman–Crippen LogP) is 5.59. The topological polar surface area (TPSA) is 75.4 Å². The fourth-order valence-corrected chi connectivity index (χ4v) is 5.55. The molecule has 9 heteroatoms. The maximum Gasteiger partial charge on any atom is 0.323 e. The van der Waals surface area contributed by atoms with E-state index in [2.05, 4.69) is 0 Å². The molecule has 0 radical (unpaired) electrons. The number of halogens is 2. The van der Waals surface area contributed by atoms with Gasteiger partial charge in [0, 0.05) is 16.1 Å². The number of fused-ring (bicyclic) bond motifs is 1. The van der Waals surface area contributed by atoms with E-state index in [0.29, 0.717) is 27.8 Å². The van der Waals surface area contributed by atoms with Crippen LogP contribution in [0.3, 0.4) is 0 Å². The van der Waals surface area contributed by atoms with Crippen LogP contribution in [0, 0.1) is 5.82 Å². The Bertz CT molecular complexity index is 1410. The maximum atomic E-state index is 13.7. The number of thioether (sulfide) groups is 1. The second-order valence-electron chi connectivity index (χ2n) is 7.96. The zero-order valence-corrected chi connectivity index (χ0v) is 19.8. The third kappa shape index (κ3) is 4.54. The average Bonchev–Trinajstić information content (AvgIpc) is 3.17. The Hall–Kier alpha value is -3.62. The van der Waals surface area contributed by atoms with Gasteiger partial charge in [0.05, 0.1) is 22.4 Å². The van der Waals surface area contributed by atoms with Crippen LogP contribution in [0.2, 0.25) is 5.02 Å². The summed E-state index contributed by atoms with van der Waals surface area (Å²) in [4.78, 5) is 26.3. The molecule has 5 rings (SSSR count). The van der Waals surface area contributed by atoms with E-state index >= 15 is 0 Å². The number of anilines is 1. The molecule has 3 aromatic carbocycles. The number of nitrogens with zero attached hydrogens (tertiary/aromatic N) is 3. The molecule has 0 spiro atoms. The number of hydrogen-bond acceptors (Lipinski definition) is 4. The molecule has 1 aliphatic rings. The summed E-state index contributed by atoms with van der Waals surface area (Å²) in [6.07, 6.45) is 0. The Kier molecular flexibility index (Phi) is 6.32. The van der Waals surface area contributed by atoms with E-state index in [1.54, 1.807) is 18.2 Å². The van der Waals surface area contributed by atoms with E-state index in [1.807, 2.05) is 48.5 Å². The molecule has 0 aliphatic carbocycles. The molecular formula is C26H19ClFN3O3S. The first-order valence-corrected chi connectivity index (χ1v) is 12.2. The number of carbonyl (C=O) groups is 2. The zero-order chi connectivity index (χ0) is 24.5. The SMILES string of the molecule is O=C(O)CN1C(=O)CSC(c2cccc(Cl)c2)c2c(-c3ccccc3)nn(-c3ccc(F)cc3)c21. The molecule has 1 atom stereocenters. The van der Waals surface area contributed by atoms with Crippen molar-refractivity contribution in [3.05, 3.63) is 101 Å². The Morgan fingerprint density at radius 2 is 1.83 bits per heavy atom. The molecule has 35 heavy (non-hydrogen) atoms. The van der Waals surface area contributed by atoms with Gasteiger partial charge in [-0.1, -0.05) is 54.1 Å². The lowest BCUT2D eigenvalue weighted by Crippen LogP contribution is -2.38. The molecular weight excluding hydrogens is 489 g/mol. The van der Waals surface area contributed by atoms with Crippen LogP contribution in [0.25, 0.3) is 16.9 Å². The Labute approximate surface area is 209 Å². The molecule has 1 amide bonds. The van der Waals surface area contributed by atoms with Gasteiger partial charge in [-0.2, -0.15) is 5.10 Å². The monoisotopic (exact) mass is 507 g/mol. The highest BCUT2D eigenvalue weighted by atomic mass is 35.5. The van der Waals surface area contributed by atoms with E-state index in [4.69, 9.17) is 16.7 Å². The summed E-state index contributed by atoms with van der Waals surface area (Å²) < 4.78 is 15.2. The number of hydrogen-bond donors (Lipinski definition) is 1. The Morgan fingerprint density at radius 1 is 1.09 bits per heavy atom. The molecule has 1 aromatic heterocycles. The zero-order valence-electron chi connectivity index (χ0n) is 18.3. The van der Waals surface area contributed by atoms with Gasteiger partial charge in [-0.25, -0.2) is 9.07 Å². The van der Waals surface area contributed by atoms with Crippen molar-refractivity contribution in [3.8, 4) is 16.9 Å². The third-order valence-corrected chi connectivity index (χ3v) is 7.14. The quantitative estimate of drug-likeness (QED) is 0.381.